The second-order valence-electron chi connectivity index (χ2n) is 8.64. The molecule has 1 aliphatic heterocycles. The van der Waals surface area contributed by atoms with E-state index in [0.29, 0.717) is 0 Å². The average molecular weight is 445 g/mol. The molecule has 0 bridgehead atoms. The van der Waals surface area contributed by atoms with Gasteiger partial charge >= 0.3 is 0 Å². The number of piperidine rings is 1. The van der Waals surface area contributed by atoms with E-state index in [1.165, 1.54) is 16.9 Å². The fourth-order valence-electron chi connectivity index (χ4n) is 4.63. The van der Waals surface area contributed by atoms with Crippen molar-refractivity contribution in [2.45, 2.75) is 39.3 Å². The van der Waals surface area contributed by atoms with Crippen molar-refractivity contribution >= 4 is 27.5 Å². The third kappa shape index (κ3) is 4.20. The molecule has 0 saturated carbocycles. The Morgan fingerprint density at radius 2 is 1.81 bits per heavy atom. The Morgan fingerprint density at radius 3 is 2.53 bits per heavy atom. The first-order valence-electron chi connectivity index (χ1n) is 11.2. The van der Waals surface area contributed by atoms with Crippen LogP contribution in [0.1, 0.15) is 39.3 Å². The number of aromatic nitrogens is 2. The van der Waals surface area contributed by atoms with Gasteiger partial charge in [-0.05, 0) is 56.0 Å². The smallest absolute Gasteiger partial charge is 0.263 e. The van der Waals surface area contributed by atoms with Gasteiger partial charge < -0.3 is 9.88 Å². The summed E-state index contributed by atoms with van der Waals surface area (Å²) in [5.41, 5.74) is 4.42. The number of benzene rings is 1. The lowest BCUT2D eigenvalue weighted by Crippen LogP contribution is -2.44. The number of amides is 1. The molecule has 5 rings (SSSR count). The summed E-state index contributed by atoms with van der Waals surface area (Å²) in [5, 5.41) is 4.39. The predicted octanol–water partition coefficient (Wildman–Crippen LogP) is 5.10. The van der Waals surface area contributed by atoms with E-state index < -0.39 is 0 Å². The molecule has 4 heterocycles. The van der Waals surface area contributed by atoms with Crippen LogP contribution in [0.5, 0.6) is 0 Å². The molecule has 1 amide bonds. The number of rotatable bonds is 5. The number of hydrogen-bond donors (Lipinski definition) is 1. The first kappa shape index (κ1) is 20.9. The number of fused-ring (bicyclic) bond motifs is 1. The van der Waals surface area contributed by atoms with Crippen LogP contribution in [0.25, 0.3) is 15.9 Å². The number of carbonyl (C=O) groups is 1. The van der Waals surface area contributed by atoms with Crippen molar-refractivity contribution in [2.24, 2.45) is 0 Å². The molecule has 32 heavy (non-hydrogen) atoms. The summed E-state index contributed by atoms with van der Waals surface area (Å²) in [6.45, 7) is 7.07. The van der Waals surface area contributed by atoms with Crippen LogP contribution in [-0.4, -0.2) is 39.5 Å². The molecule has 1 fully saturated rings. The molecule has 0 spiro atoms. The zero-order valence-corrected chi connectivity index (χ0v) is 19.4. The molecule has 164 valence electrons. The Morgan fingerprint density at radius 1 is 1.09 bits per heavy atom. The molecular weight excluding hydrogens is 416 g/mol. The summed E-state index contributed by atoms with van der Waals surface area (Å²) in [6, 6.07) is 16.9. The van der Waals surface area contributed by atoms with Crippen molar-refractivity contribution in [3.05, 3.63) is 82.6 Å². The largest absolute Gasteiger partial charge is 0.348 e. The fourth-order valence-corrected chi connectivity index (χ4v) is 5.83. The number of carbonyl (C=O) groups excluding carboxylic acids is 1. The van der Waals surface area contributed by atoms with E-state index in [2.05, 4.69) is 53.5 Å². The van der Waals surface area contributed by atoms with E-state index in [-0.39, 0.29) is 11.9 Å². The SMILES string of the molecule is Cc1cc(C)c2c(-n3cccc3)c(C(=O)NC3CCN(Cc4ccccc4)CC3)sc2n1. The molecule has 0 aliphatic carbocycles. The van der Waals surface area contributed by atoms with Crippen molar-refractivity contribution in [1.29, 1.82) is 0 Å². The summed E-state index contributed by atoms with van der Waals surface area (Å²) < 4.78 is 2.04. The van der Waals surface area contributed by atoms with Crippen molar-refractivity contribution in [1.82, 2.24) is 19.8 Å². The van der Waals surface area contributed by atoms with Crippen LogP contribution >= 0.6 is 11.3 Å². The summed E-state index contributed by atoms with van der Waals surface area (Å²) in [4.78, 5) is 22.3. The quantitative estimate of drug-likeness (QED) is 0.466. The third-order valence-corrected chi connectivity index (χ3v) is 7.27. The number of pyridine rings is 1. The van der Waals surface area contributed by atoms with E-state index in [0.717, 1.165) is 64.5 Å². The second kappa shape index (κ2) is 8.88. The number of aryl methyl sites for hydroxylation is 2. The normalized spacial score (nSPS) is 15.3. The van der Waals surface area contributed by atoms with Gasteiger partial charge in [0, 0.05) is 49.1 Å². The van der Waals surface area contributed by atoms with Gasteiger partial charge in [0.1, 0.15) is 9.71 Å². The highest BCUT2D eigenvalue weighted by Crippen LogP contribution is 2.36. The van der Waals surface area contributed by atoms with E-state index in [9.17, 15) is 4.79 Å². The van der Waals surface area contributed by atoms with Gasteiger partial charge in [-0.3, -0.25) is 9.69 Å². The Bertz CT molecular complexity index is 1220. The maximum atomic E-state index is 13.4. The lowest BCUT2D eigenvalue weighted by molar-refractivity contribution is 0.0913. The molecule has 0 atom stereocenters. The summed E-state index contributed by atoms with van der Waals surface area (Å²) in [6.07, 6.45) is 5.94. The Balaban J connectivity index is 1.33. The Hall–Kier alpha value is -2.96. The minimum atomic E-state index is 0.00950. The van der Waals surface area contributed by atoms with Gasteiger partial charge in [0.15, 0.2) is 0 Å². The summed E-state index contributed by atoms with van der Waals surface area (Å²) in [5.74, 6) is 0.00950. The average Bonchev–Trinajstić information content (AvgIpc) is 3.43. The standard InChI is InChI=1S/C26H28N4OS/c1-18-16-19(2)27-26-22(18)23(30-12-6-7-13-30)24(32-26)25(31)28-21-10-14-29(15-11-21)17-20-8-4-3-5-9-20/h3-9,12-13,16,21H,10-11,14-15,17H2,1-2H3,(H,28,31). The third-order valence-electron chi connectivity index (χ3n) is 6.20. The molecule has 1 saturated heterocycles. The van der Waals surface area contributed by atoms with Crippen molar-refractivity contribution < 1.29 is 4.79 Å². The molecule has 3 aromatic heterocycles. The molecule has 5 nitrogen and oxygen atoms in total. The monoisotopic (exact) mass is 444 g/mol. The van der Waals surface area contributed by atoms with E-state index in [1.54, 1.807) is 0 Å². The lowest BCUT2D eigenvalue weighted by atomic mass is 10.0. The van der Waals surface area contributed by atoms with Gasteiger partial charge in [-0.1, -0.05) is 30.3 Å². The second-order valence-corrected chi connectivity index (χ2v) is 9.64. The highest BCUT2D eigenvalue weighted by molar-refractivity contribution is 7.21. The van der Waals surface area contributed by atoms with Gasteiger partial charge in [0.05, 0.1) is 5.69 Å². The van der Waals surface area contributed by atoms with Crippen LogP contribution in [0.4, 0.5) is 0 Å². The number of nitrogens with zero attached hydrogens (tertiary/aromatic N) is 3. The molecule has 1 N–H and O–H groups in total. The fraction of sp³-hybridized carbons (Fsp3) is 0.308. The van der Waals surface area contributed by atoms with Gasteiger partial charge in [-0.25, -0.2) is 4.98 Å². The lowest BCUT2D eigenvalue weighted by Gasteiger charge is -2.32. The first-order chi connectivity index (χ1) is 15.6. The maximum Gasteiger partial charge on any atom is 0.263 e. The van der Waals surface area contributed by atoms with Crippen molar-refractivity contribution in [3.8, 4) is 5.69 Å². The zero-order valence-electron chi connectivity index (χ0n) is 18.5. The number of hydrogen-bond acceptors (Lipinski definition) is 4. The predicted molar refractivity (Wildman–Crippen MR) is 131 cm³/mol. The molecule has 4 aromatic rings. The van der Waals surface area contributed by atoms with Crippen LogP contribution in [0.2, 0.25) is 0 Å². The minimum Gasteiger partial charge on any atom is -0.348 e. The van der Waals surface area contributed by atoms with E-state index in [1.807, 2.05) is 36.0 Å². The Kier molecular flexibility index (Phi) is 5.81. The minimum absolute atomic E-state index is 0.00950. The summed E-state index contributed by atoms with van der Waals surface area (Å²) >= 11 is 1.50. The first-order valence-corrected chi connectivity index (χ1v) is 12.0. The van der Waals surface area contributed by atoms with Gasteiger partial charge in [-0.2, -0.15) is 0 Å². The molecule has 0 unspecified atom stereocenters. The zero-order chi connectivity index (χ0) is 22.1. The maximum absolute atomic E-state index is 13.4. The van der Waals surface area contributed by atoms with Crippen LogP contribution in [0, 0.1) is 13.8 Å². The van der Waals surface area contributed by atoms with Gasteiger partial charge in [-0.15, -0.1) is 11.3 Å². The Labute approximate surface area is 192 Å². The highest BCUT2D eigenvalue weighted by atomic mass is 32.1. The van der Waals surface area contributed by atoms with Crippen LogP contribution < -0.4 is 5.32 Å². The molecule has 6 heteroatoms. The molecule has 1 aromatic carbocycles. The van der Waals surface area contributed by atoms with Crippen LogP contribution in [-0.2, 0) is 6.54 Å². The van der Waals surface area contributed by atoms with E-state index in [4.69, 9.17) is 4.98 Å². The molecule has 1 aliphatic rings. The molecule has 0 radical (unpaired) electrons. The van der Waals surface area contributed by atoms with E-state index >= 15 is 0 Å². The molecular formula is C26H28N4OS. The summed E-state index contributed by atoms with van der Waals surface area (Å²) in [7, 11) is 0. The topological polar surface area (TPSA) is 50.2 Å². The number of likely N-dealkylation sites (tertiary alicyclic amines) is 1. The van der Waals surface area contributed by atoms with Crippen LogP contribution in [0.15, 0.2) is 60.9 Å². The number of thiophene rings is 1. The van der Waals surface area contributed by atoms with Crippen molar-refractivity contribution in [3.63, 3.8) is 0 Å². The van der Waals surface area contributed by atoms with Gasteiger partial charge in [0.2, 0.25) is 0 Å². The number of nitrogens with one attached hydrogen (secondary N) is 1. The highest BCUT2D eigenvalue weighted by Gasteiger charge is 2.26. The van der Waals surface area contributed by atoms with Crippen LogP contribution in [0.3, 0.4) is 0 Å². The van der Waals surface area contributed by atoms with Crippen molar-refractivity contribution in [2.75, 3.05) is 13.1 Å². The van der Waals surface area contributed by atoms with Gasteiger partial charge in [0.25, 0.3) is 5.91 Å².